The highest BCUT2D eigenvalue weighted by Gasteiger charge is 2.68. The lowest BCUT2D eigenvalue weighted by Crippen LogP contribution is -2.70. The molecule has 90 valence electrons. The van der Waals surface area contributed by atoms with E-state index in [1.165, 1.54) is 6.92 Å². The summed E-state index contributed by atoms with van der Waals surface area (Å²) in [6.07, 6.45) is 0.127. The van der Waals surface area contributed by atoms with Crippen molar-refractivity contribution >= 4 is 20.1 Å². The van der Waals surface area contributed by atoms with E-state index in [9.17, 15) is 16.8 Å². The van der Waals surface area contributed by atoms with Crippen molar-refractivity contribution in [3.8, 4) is 0 Å². The highest BCUT2D eigenvalue weighted by Crippen LogP contribution is 2.56. The summed E-state index contributed by atoms with van der Waals surface area (Å²) in [4.78, 5) is 0. The van der Waals surface area contributed by atoms with Crippen LogP contribution in [0.2, 0.25) is 0 Å². The van der Waals surface area contributed by atoms with Crippen molar-refractivity contribution in [3.63, 3.8) is 0 Å². The van der Waals surface area contributed by atoms with E-state index >= 15 is 0 Å². The predicted octanol–water partition coefficient (Wildman–Crippen LogP) is -0.280. The van der Waals surface area contributed by atoms with Gasteiger partial charge < -0.3 is 0 Å². The minimum atomic E-state index is -4.46. The van der Waals surface area contributed by atoms with Crippen LogP contribution in [0.15, 0.2) is 0 Å². The van der Waals surface area contributed by atoms with E-state index in [1.54, 1.807) is 13.8 Å². The van der Waals surface area contributed by atoms with Crippen LogP contribution in [0, 0.1) is 5.41 Å². The van der Waals surface area contributed by atoms with Crippen molar-refractivity contribution < 1.29 is 21.4 Å². The van der Waals surface area contributed by atoms with Crippen LogP contribution in [0.3, 0.4) is 0 Å². The van der Waals surface area contributed by atoms with E-state index < -0.39 is 35.6 Å². The van der Waals surface area contributed by atoms with E-state index in [-0.39, 0.29) is 6.42 Å². The molecule has 1 aliphatic rings. The molecule has 0 heterocycles. The molecule has 1 rings (SSSR count). The molecule has 0 aromatic heterocycles. The van der Waals surface area contributed by atoms with Crippen LogP contribution in [0.4, 0.5) is 0 Å². The van der Waals surface area contributed by atoms with E-state index in [0.717, 1.165) is 0 Å². The maximum Gasteiger partial charge on any atom is 0.272 e. The standard InChI is InChI=1S/C7H15NO5S2/c1-6(2)4-5(14(8,9)10)7(6,3)15(11,12)13/h5H,4H2,1-3H3,(H2,8,9,10)(H,11,12,13). The Bertz CT molecular complexity index is 478. The van der Waals surface area contributed by atoms with Gasteiger partial charge in [-0.25, -0.2) is 13.6 Å². The van der Waals surface area contributed by atoms with Crippen LogP contribution < -0.4 is 5.14 Å². The first-order valence-electron chi connectivity index (χ1n) is 4.33. The van der Waals surface area contributed by atoms with Gasteiger partial charge >= 0.3 is 0 Å². The van der Waals surface area contributed by atoms with Crippen LogP contribution >= 0.6 is 0 Å². The minimum absolute atomic E-state index is 0.127. The highest BCUT2D eigenvalue weighted by molar-refractivity contribution is 7.93. The number of rotatable bonds is 2. The molecule has 1 aliphatic carbocycles. The van der Waals surface area contributed by atoms with Crippen molar-refractivity contribution in [1.29, 1.82) is 0 Å². The first kappa shape index (κ1) is 12.9. The van der Waals surface area contributed by atoms with Crippen molar-refractivity contribution in [3.05, 3.63) is 0 Å². The first-order chi connectivity index (χ1) is 6.34. The third-order valence-corrected chi connectivity index (χ3v) is 7.08. The Balaban J connectivity index is 3.36. The molecule has 1 fully saturated rings. The van der Waals surface area contributed by atoms with Gasteiger partial charge in [0, 0.05) is 0 Å². The van der Waals surface area contributed by atoms with Gasteiger partial charge in [0.15, 0.2) is 0 Å². The molecule has 0 saturated heterocycles. The maximum atomic E-state index is 11.2. The zero-order chi connectivity index (χ0) is 12.3. The zero-order valence-corrected chi connectivity index (χ0v) is 10.4. The van der Waals surface area contributed by atoms with Gasteiger partial charge in [0.2, 0.25) is 10.0 Å². The van der Waals surface area contributed by atoms with E-state index in [1.807, 2.05) is 0 Å². The smallest absolute Gasteiger partial charge is 0.272 e. The fourth-order valence-corrected chi connectivity index (χ4v) is 5.67. The van der Waals surface area contributed by atoms with Gasteiger partial charge in [0.1, 0.15) is 4.75 Å². The molecule has 0 aliphatic heterocycles. The molecule has 6 nitrogen and oxygen atoms in total. The Morgan fingerprint density at radius 3 is 1.73 bits per heavy atom. The highest BCUT2D eigenvalue weighted by atomic mass is 32.2. The Kier molecular flexibility index (Phi) is 2.52. The van der Waals surface area contributed by atoms with Crippen molar-refractivity contribution in [2.45, 2.75) is 37.2 Å². The summed E-state index contributed by atoms with van der Waals surface area (Å²) in [6.45, 7) is 4.38. The maximum absolute atomic E-state index is 11.2. The zero-order valence-electron chi connectivity index (χ0n) is 8.76. The fourth-order valence-electron chi connectivity index (χ4n) is 2.11. The molecule has 0 spiro atoms. The van der Waals surface area contributed by atoms with Gasteiger partial charge in [0.05, 0.1) is 5.25 Å². The molecule has 2 atom stereocenters. The second-order valence-corrected chi connectivity index (χ2v) is 8.29. The molecule has 8 heteroatoms. The number of primary sulfonamides is 1. The predicted molar refractivity (Wildman–Crippen MR) is 55.2 cm³/mol. The van der Waals surface area contributed by atoms with E-state index in [0.29, 0.717) is 0 Å². The second kappa shape index (κ2) is 2.93. The third-order valence-electron chi connectivity index (χ3n) is 3.59. The minimum Gasteiger partial charge on any atom is -0.285 e. The molecule has 15 heavy (non-hydrogen) atoms. The van der Waals surface area contributed by atoms with Crippen LogP contribution in [-0.4, -0.2) is 31.4 Å². The summed E-state index contributed by atoms with van der Waals surface area (Å²) in [5, 5.41) is 3.69. The molecule has 1 saturated carbocycles. The third kappa shape index (κ3) is 1.59. The Morgan fingerprint density at radius 1 is 1.20 bits per heavy atom. The molecular weight excluding hydrogens is 242 g/mol. The van der Waals surface area contributed by atoms with E-state index in [4.69, 9.17) is 9.69 Å². The molecule has 2 unspecified atom stereocenters. The van der Waals surface area contributed by atoms with E-state index in [2.05, 4.69) is 0 Å². The molecule has 0 aromatic carbocycles. The number of hydrogen-bond acceptors (Lipinski definition) is 4. The van der Waals surface area contributed by atoms with Gasteiger partial charge in [-0.2, -0.15) is 8.42 Å². The number of sulfonamides is 1. The molecule has 0 aromatic rings. The topological polar surface area (TPSA) is 115 Å². The van der Waals surface area contributed by atoms with Crippen LogP contribution in [0.5, 0.6) is 0 Å². The van der Waals surface area contributed by atoms with Gasteiger partial charge in [-0.3, -0.25) is 4.55 Å². The van der Waals surface area contributed by atoms with Crippen molar-refractivity contribution in [1.82, 2.24) is 0 Å². The Hall–Kier alpha value is -0.180. The summed E-state index contributed by atoms with van der Waals surface area (Å²) in [7, 11) is -8.43. The second-order valence-electron chi connectivity index (χ2n) is 4.75. The largest absolute Gasteiger partial charge is 0.285 e. The lowest BCUT2D eigenvalue weighted by atomic mass is 9.62. The summed E-state index contributed by atoms with van der Waals surface area (Å²) < 4.78 is 52.2. The first-order valence-corrected chi connectivity index (χ1v) is 7.37. The lowest BCUT2D eigenvalue weighted by molar-refractivity contribution is 0.110. The van der Waals surface area contributed by atoms with Crippen LogP contribution in [0.25, 0.3) is 0 Å². The fraction of sp³-hybridized carbons (Fsp3) is 1.00. The molecular formula is C7H15NO5S2. The average molecular weight is 257 g/mol. The molecule has 3 N–H and O–H groups in total. The molecule has 0 bridgehead atoms. The van der Waals surface area contributed by atoms with Crippen molar-refractivity contribution in [2.75, 3.05) is 0 Å². The molecule has 0 amide bonds. The Labute approximate surface area is 89.7 Å². The van der Waals surface area contributed by atoms with Gasteiger partial charge in [0.25, 0.3) is 10.1 Å². The Morgan fingerprint density at radius 2 is 1.60 bits per heavy atom. The summed E-state index contributed by atoms with van der Waals surface area (Å²) in [5.41, 5.74) is -0.808. The monoisotopic (exact) mass is 257 g/mol. The summed E-state index contributed by atoms with van der Waals surface area (Å²) in [5.74, 6) is 0. The summed E-state index contributed by atoms with van der Waals surface area (Å²) >= 11 is 0. The quantitative estimate of drug-likeness (QED) is 0.660. The van der Waals surface area contributed by atoms with Gasteiger partial charge in [-0.05, 0) is 18.8 Å². The van der Waals surface area contributed by atoms with Crippen molar-refractivity contribution in [2.24, 2.45) is 10.6 Å². The van der Waals surface area contributed by atoms with Crippen LogP contribution in [0.1, 0.15) is 27.2 Å². The normalized spacial score (nSPS) is 35.9. The summed E-state index contributed by atoms with van der Waals surface area (Å²) in [6, 6.07) is 0. The van der Waals surface area contributed by atoms with Gasteiger partial charge in [-0.15, -0.1) is 0 Å². The van der Waals surface area contributed by atoms with Crippen LogP contribution in [-0.2, 0) is 20.1 Å². The molecule has 0 radical (unpaired) electrons. The SMILES string of the molecule is CC1(C)CC(S(N)(=O)=O)C1(C)S(=O)(=O)O. The number of nitrogens with two attached hydrogens (primary N) is 1. The lowest BCUT2D eigenvalue weighted by Gasteiger charge is -2.56. The number of hydrogen-bond donors (Lipinski definition) is 2. The average Bonchev–Trinajstić information content (AvgIpc) is 1.95. The van der Waals surface area contributed by atoms with Gasteiger partial charge in [-0.1, -0.05) is 13.8 Å².